The smallest absolute Gasteiger partial charge is 0.326 e. The Labute approximate surface area is 216 Å². The minimum atomic E-state index is -0.440. The molecular formula is C30H30N4O3. The van der Waals surface area contributed by atoms with Crippen molar-refractivity contribution in [3.05, 3.63) is 101 Å². The van der Waals surface area contributed by atoms with Crippen molar-refractivity contribution in [1.82, 2.24) is 15.5 Å². The van der Waals surface area contributed by atoms with E-state index in [1.54, 1.807) is 4.90 Å². The number of aryl methyl sites for hydroxylation is 3. The molecule has 0 bridgehead atoms. The third kappa shape index (κ3) is 4.72. The average Bonchev–Trinajstić information content (AvgIpc) is 3.37. The highest BCUT2D eigenvalue weighted by Crippen LogP contribution is 2.39. The Balaban J connectivity index is 1.61. The molecule has 7 heteroatoms. The molecule has 4 aromatic rings. The van der Waals surface area contributed by atoms with Gasteiger partial charge in [0.25, 0.3) is 5.89 Å². The van der Waals surface area contributed by atoms with Crippen molar-refractivity contribution in [1.29, 1.82) is 0 Å². The van der Waals surface area contributed by atoms with E-state index < -0.39 is 6.04 Å². The molecule has 1 N–H and O–H groups in total. The van der Waals surface area contributed by atoms with Crippen LogP contribution in [0.3, 0.4) is 0 Å². The molecule has 3 aromatic carbocycles. The summed E-state index contributed by atoms with van der Waals surface area (Å²) < 4.78 is 11.4. The Hall–Kier alpha value is -4.39. The van der Waals surface area contributed by atoms with E-state index in [9.17, 15) is 4.79 Å². The molecule has 0 saturated carbocycles. The van der Waals surface area contributed by atoms with Crippen LogP contribution in [0.1, 0.15) is 48.0 Å². The number of carbonyl (C=O) groups is 1. The van der Waals surface area contributed by atoms with E-state index in [1.165, 1.54) is 0 Å². The van der Waals surface area contributed by atoms with Gasteiger partial charge in [-0.2, -0.15) is 4.98 Å². The lowest BCUT2D eigenvalue weighted by atomic mass is 9.93. The summed E-state index contributed by atoms with van der Waals surface area (Å²) in [5, 5.41) is 7.43. The highest BCUT2D eigenvalue weighted by molar-refractivity contribution is 6.01. The lowest BCUT2D eigenvalue weighted by Crippen LogP contribution is -2.46. The topological polar surface area (TPSA) is 80.5 Å². The third-order valence-electron chi connectivity index (χ3n) is 6.72. The summed E-state index contributed by atoms with van der Waals surface area (Å²) in [6.45, 7) is 10.6. The van der Waals surface area contributed by atoms with Gasteiger partial charge in [-0.1, -0.05) is 41.1 Å². The van der Waals surface area contributed by atoms with E-state index in [0.29, 0.717) is 18.3 Å². The van der Waals surface area contributed by atoms with Gasteiger partial charge < -0.3 is 14.6 Å². The fraction of sp³-hybridized carbons (Fsp3) is 0.233. The van der Waals surface area contributed by atoms with Gasteiger partial charge in [0, 0.05) is 11.3 Å². The van der Waals surface area contributed by atoms with Gasteiger partial charge >= 0.3 is 6.03 Å². The number of aromatic nitrogens is 2. The Kier molecular flexibility index (Phi) is 6.53. The van der Waals surface area contributed by atoms with Crippen LogP contribution < -0.4 is 15.0 Å². The number of urea groups is 1. The van der Waals surface area contributed by atoms with E-state index in [4.69, 9.17) is 14.2 Å². The van der Waals surface area contributed by atoms with Gasteiger partial charge in [-0.05, 0) is 87.7 Å². The second kappa shape index (κ2) is 9.93. The first-order chi connectivity index (χ1) is 17.9. The van der Waals surface area contributed by atoms with Gasteiger partial charge in [-0.25, -0.2) is 4.79 Å². The first kappa shape index (κ1) is 24.3. The van der Waals surface area contributed by atoms with Crippen molar-refractivity contribution < 1.29 is 14.1 Å². The van der Waals surface area contributed by atoms with Crippen molar-refractivity contribution in [2.75, 3.05) is 11.5 Å². The monoisotopic (exact) mass is 494 g/mol. The minimum absolute atomic E-state index is 0.207. The fourth-order valence-corrected chi connectivity index (χ4v) is 4.52. The van der Waals surface area contributed by atoms with Crippen LogP contribution in [-0.4, -0.2) is 22.8 Å². The van der Waals surface area contributed by atoms with Crippen molar-refractivity contribution in [2.24, 2.45) is 0 Å². The highest BCUT2D eigenvalue weighted by Gasteiger charge is 2.36. The molecule has 1 unspecified atom stereocenters. The SMILES string of the molecule is CCOc1ccc(-c2noc(C3=C(C)N(c4ccc(C)c(C)c4)C(=O)NC3c3ccc(C)cc3)n2)cc1. The molecule has 0 radical (unpaired) electrons. The number of anilines is 1. The Morgan fingerprint density at radius 3 is 2.35 bits per heavy atom. The predicted molar refractivity (Wildman–Crippen MR) is 144 cm³/mol. The molecular weight excluding hydrogens is 464 g/mol. The average molecular weight is 495 g/mol. The van der Waals surface area contributed by atoms with Gasteiger partial charge in [0.2, 0.25) is 5.82 Å². The number of nitrogens with zero attached hydrogens (tertiary/aromatic N) is 3. The van der Waals surface area contributed by atoms with Crippen LogP contribution in [0, 0.1) is 20.8 Å². The third-order valence-corrected chi connectivity index (χ3v) is 6.72. The van der Waals surface area contributed by atoms with Gasteiger partial charge in [0.1, 0.15) is 5.75 Å². The standard InChI is InChI=1S/C30H30N4O3/c1-6-36-25-15-12-23(13-16-25)28-32-29(37-33-28)26-21(5)34(24-14-9-19(3)20(4)17-24)30(35)31-27(26)22-10-7-18(2)8-11-22/h7-17,27H,6H2,1-5H3,(H,31,35). The molecule has 1 aliphatic rings. The molecule has 1 aromatic heterocycles. The van der Waals surface area contributed by atoms with Crippen LogP contribution in [-0.2, 0) is 0 Å². The van der Waals surface area contributed by atoms with Crippen LogP contribution in [0.5, 0.6) is 5.75 Å². The van der Waals surface area contributed by atoms with Gasteiger partial charge in [0.05, 0.1) is 23.9 Å². The molecule has 0 saturated heterocycles. The summed E-state index contributed by atoms with van der Waals surface area (Å²) in [6.07, 6.45) is 0. The summed E-state index contributed by atoms with van der Waals surface area (Å²) in [6, 6.07) is 21.0. The van der Waals surface area contributed by atoms with Crippen LogP contribution in [0.15, 0.2) is 77.0 Å². The molecule has 0 spiro atoms. The Bertz CT molecular complexity index is 1470. The number of hydrogen-bond acceptors (Lipinski definition) is 5. The summed E-state index contributed by atoms with van der Waals surface area (Å²) >= 11 is 0. The van der Waals surface area contributed by atoms with E-state index >= 15 is 0 Å². The lowest BCUT2D eigenvalue weighted by Gasteiger charge is -2.35. The van der Waals surface area contributed by atoms with E-state index in [-0.39, 0.29) is 6.03 Å². The van der Waals surface area contributed by atoms with Gasteiger partial charge in [-0.15, -0.1) is 0 Å². The normalized spacial score (nSPS) is 15.6. The largest absolute Gasteiger partial charge is 0.494 e. The van der Waals surface area contributed by atoms with Crippen molar-refractivity contribution in [3.63, 3.8) is 0 Å². The Morgan fingerprint density at radius 1 is 0.946 bits per heavy atom. The molecule has 37 heavy (non-hydrogen) atoms. The van der Waals surface area contributed by atoms with Crippen molar-refractivity contribution in [3.8, 4) is 17.1 Å². The molecule has 7 nitrogen and oxygen atoms in total. The molecule has 0 fully saturated rings. The van der Waals surface area contributed by atoms with Gasteiger partial charge in [0.15, 0.2) is 0 Å². The van der Waals surface area contributed by atoms with E-state index in [2.05, 4.69) is 17.4 Å². The number of ether oxygens (including phenoxy) is 1. The second-order valence-electron chi connectivity index (χ2n) is 9.28. The summed E-state index contributed by atoms with van der Waals surface area (Å²) in [4.78, 5) is 19.9. The molecule has 5 rings (SSSR count). The second-order valence-corrected chi connectivity index (χ2v) is 9.28. The number of carbonyl (C=O) groups excluding carboxylic acids is 1. The summed E-state index contributed by atoms with van der Waals surface area (Å²) in [5.41, 5.74) is 7.44. The molecule has 188 valence electrons. The number of benzene rings is 3. The number of rotatable bonds is 6. The fourth-order valence-electron chi connectivity index (χ4n) is 4.52. The van der Waals surface area contributed by atoms with Crippen molar-refractivity contribution >= 4 is 17.3 Å². The number of amides is 2. The lowest BCUT2D eigenvalue weighted by molar-refractivity contribution is 0.244. The maximum Gasteiger partial charge on any atom is 0.326 e. The van der Waals surface area contributed by atoms with Crippen LogP contribution >= 0.6 is 0 Å². The van der Waals surface area contributed by atoms with E-state index in [1.807, 2.05) is 94.4 Å². The van der Waals surface area contributed by atoms with Gasteiger partial charge in [-0.3, -0.25) is 4.90 Å². The Morgan fingerprint density at radius 2 is 1.68 bits per heavy atom. The molecule has 1 aliphatic heterocycles. The van der Waals surface area contributed by atoms with Crippen LogP contribution in [0.4, 0.5) is 10.5 Å². The maximum atomic E-state index is 13.4. The minimum Gasteiger partial charge on any atom is -0.494 e. The molecule has 2 amide bonds. The molecule has 1 atom stereocenters. The maximum absolute atomic E-state index is 13.4. The zero-order valence-electron chi connectivity index (χ0n) is 21.7. The molecule has 0 aliphatic carbocycles. The van der Waals surface area contributed by atoms with E-state index in [0.717, 1.165) is 50.5 Å². The zero-order chi connectivity index (χ0) is 26.1. The van der Waals surface area contributed by atoms with Crippen LogP contribution in [0.2, 0.25) is 0 Å². The van der Waals surface area contributed by atoms with Crippen molar-refractivity contribution in [2.45, 2.75) is 40.7 Å². The number of nitrogens with one attached hydrogen (secondary N) is 1. The zero-order valence-corrected chi connectivity index (χ0v) is 21.7. The number of hydrogen-bond donors (Lipinski definition) is 1. The molecule has 2 heterocycles. The van der Waals surface area contributed by atoms with Crippen LogP contribution in [0.25, 0.3) is 17.0 Å². The quantitative estimate of drug-likeness (QED) is 0.320. The summed E-state index contributed by atoms with van der Waals surface area (Å²) in [7, 11) is 0. The summed E-state index contributed by atoms with van der Waals surface area (Å²) in [5.74, 6) is 1.61. The number of allylic oxidation sites excluding steroid dienone is 1. The first-order valence-electron chi connectivity index (χ1n) is 12.4. The highest BCUT2D eigenvalue weighted by atomic mass is 16.5. The predicted octanol–water partition coefficient (Wildman–Crippen LogP) is 6.76. The first-order valence-corrected chi connectivity index (χ1v) is 12.4.